The van der Waals surface area contributed by atoms with Crippen LogP contribution < -0.4 is 4.35 Å². The molecule has 0 saturated heterocycles. The van der Waals surface area contributed by atoms with Gasteiger partial charge in [-0.2, -0.15) is 0 Å². The molecule has 2 rings (SSSR count). The number of aromatic amines is 1. The quantitative estimate of drug-likeness (QED) is 0.560. The second-order valence-corrected chi connectivity index (χ2v) is 3.48. The Bertz CT molecular complexity index is 355. The molecule has 0 saturated carbocycles. The molecule has 4 heteroatoms. The number of aromatic nitrogens is 3. The molecule has 0 aliphatic heterocycles. The minimum absolute atomic E-state index is 0.862. The number of hydrogen-bond donors (Lipinski definition) is 1. The number of hydrogen-bond acceptors (Lipinski definition) is 2. The molecule has 10 heavy (non-hydrogen) atoms. The Labute approximate surface area is 66.4 Å². The molecule has 2 heterocycles. The normalized spacial score (nSPS) is 10.5. The van der Waals surface area contributed by atoms with Gasteiger partial charge in [0, 0.05) is 0 Å². The number of pyridine rings is 1. The van der Waals surface area contributed by atoms with Gasteiger partial charge in [0.2, 0.25) is 0 Å². The zero-order chi connectivity index (χ0) is 6.97. The van der Waals surface area contributed by atoms with E-state index in [0.717, 1.165) is 11.0 Å². The van der Waals surface area contributed by atoms with E-state index in [4.69, 9.17) is 0 Å². The summed E-state index contributed by atoms with van der Waals surface area (Å²) in [7, 11) is 0. The van der Waals surface area contributed by atoms with Gasteiger partial charge in [-0.05, 0) is 0 Å². The summed E-state index contributed by atoms with van der Waals surface area (Å²) >= 11 is 1.58. The predicted octanol–water partition coefficient (Wildman–Crippen LogP) is -0.784. The first-order valence-corrected chi connectivity index (χ1v) is 4.12. The van der Waals surface area contributed by atoms with Crippen molar-refractivity contribution in [2.45, 2.75) is 0 Å². The van der Waals surface area contributed by atoms with Crippen molar-refractivity contribution in [1.29, 1.82) is 0 Å². The molecule has 0 aliphatic carbocycles. The molecule has 1 N–H and O–H groups in total. The first-order valence-electron chi connectivity index (χ1n) is 2.91. The van der Waals surface area contributed by atoms with Crippen LogP contribution in [0.2, 0.25) is 0 Å². The first-order chi connectivity index (χ1) is 4.86. The van der Waals surface area contributed by atoms with E-state index in [1.807, 2.05) is 6.20 Å². The zero-order valence-corrected chi connectivity index (χ0v) is 7.63. The fourth-order valence-electron chi connectivity index (χ4n) is 0.854. The third kappa shape index (κ3) is 0.829. The molecule has 0 amide bonds. The molecule has 2 aromatic rings. The number of H-pyrrole nitrogens is 1. The standard InChI is InChI=1S/C6H6AsN3/c7-5-1-4-2-9-10-6(4)8-3-5/h1-3H,7H2,(H,8,9,10). The van der Waals surface area contributed by atoms with Gasteiger partial charge in [0.15, 0.2) is 0 Å². The molecule has 0 aliphatic rings. The summed E-state index contributed by atoms with van der Waals surface area (Å²) < 4.78 is 1.22. The molecule has 0 bridgehead atoms. The van der Waals surface area contributed by atoms with E-state index in [2.05, 4.69) is 21.2 Å². The number of nitrogens with zero attached hydrogens (tertiary/aromatic N) is 2. The summed E-state index contributed by atoms with van der Waals surface area (Å²) in [6, 6.07) is 2.08. The minimum atomic E-state index is 0.862. The Morgan fingerprint density at radius 2 is 2.30 bits per heavy atom. The van der Waals surface area contributed by atoms with Gasteiger partial charge in [0.1, 0.15) is 0 Å². The van der Waals surface area contributed by atoms with Gasteiger partial charge < -0.3 is 0 Å². The number of fused-ring (bicyclic) bond motifs is 1. The second kappa shape index (κ2) is 2.10. The van der Waals surface area contributed by atoms with E-state index in [9.17, 15) is 0 Å². The monoisotopic (exact) mass is 195 g/mol. The van der Waals surface area contributed by atoms with Crippen LogP contribution in [-0.4, -0.2) is 32.0 Å². The van der Waals surface area contributed by atoms with Gasteiger partial charge in [-0.25, -0.2) is 0 Å². The van der Waals surface area contributed by atoms with E-state index < -0.39 is 0 Å². The molecule has 0 spiro atoms. The Kier molecular flexibility index (Phi) is 1.24. The van der Waals surface area contributed by atoms with Gasteiger partial charge >= 0.3 is 65.9 Å². The summed E-state index contributed by atoms with van der Waals surface area (Å²) in [6.07, 6.45) is 3.63. The van der Waals surface area contributed by atoms with E-state index in [1.165, 1.54) is 4.35 Å². The van der Waals surface area contributed by atoms with Crippen LogP contribution >= 0.6 is 0 Å². The summed E-state index contributed by atoms with van der Waals surface area (Å²) in [5.74, 6) is 0. The molecule has 0 aromatic carbocycles. The van der Waals surface area contributed by atoms with E-state index in [0.29, 0.717) is 0 Å². The van der Waals surface area contributed by atoms with Gasteiger partial charge in [0.05, 0.1) is 0 Å². The van der Waals surface area contributed by atoms with Crippen LogP contribution in [0.1, 0.15) is 0 Å². The molecule has 3 nitrogen and oxygen atoms in total. The third-order valence-corrected chi connectivity index (χ3v) is 1.97. The van der Waals surface area contributed by atoms with Crippen molar-refractivity contribution in [2.75, 3.05) is 0 Å². The van der Waals surface area contributed by atoms with Crippen LogP contribution in [0, 0.1) is 0 Å². The molecule has 0 fully saturated rings. The summed E-state index contributed by atoms with van der Waals surface area (Å²) in [6.45, 7) is 0. The van der Waals surface area contributed by atoms with Crippen LogP contribution in [-0.2, 0) is 0 Å². The average Bonchev–Trinajstić information content (AvgIpc) is 2.33. The van der Waals surface area contributed by atoms with Crippen LogP contribution in [0.15, 0.2) is 18.5 Å². The Morgan fingerprint density at radius 1 is 1.40 bits per heavy atom. The average molecular weight is 195 g/mol. The van der Waals surface area contributed by atoms with Crippen molar-refractivity contribution >= 4 is 32.2 Å². The molecular formula is C6H6AsN3. The van der Waals surface area contributed by atoms with E-state index in [-0.39, 0.29) is 0 Å². The van der Waals surface area contributed by atoms with Crippen molar-refractivity contribution in [1.82, 2.24) is 15.2 Å². The Hall–Kier alpha value is -0.822. The van der Waals surface area contributed by atoms with Gasteiger partial charge in [-0.15, -0.1) is 0 Å². The summed E-state index contributed by atoms with van der Waals surface area (Å²) in [5, 5.41) is 7.74. The van der Waals surface area contributed by atoms with Crippen molar-refractivity contribution in [3.8, 4) is 0 Å². The fourth-order valence-corrected chi connectivity index (χ4v) is 1.39. The van der Waals surface area contributed by atoms with Crippen LogP contribution in [0.4, 0.5) is 0 Å². The van der Waals surface area contributed by atoms with Gasteiger partial charge in [-0.1, -0.05) is 0 Å². The van der Waals surface area contributed by atoms with Crippen molar-refractivity contribution in [3.05, 3.63) is 18.5 Å². The molecule has 2 aromatic heterocycles. The SMILES string of the molecule is [AsH2]c1cnc2[nH]ncc2c1. The van der Waals surface area contributed by atoms with Crippen LogP contribution in [0.5, 0.6) is 0 Å². The topological polar surface area (TPSA) is 41.6 Å². The third-order valence-electron chi connectivity index (χ3n) is 1.31. The maximum atomic E-state index is 4.14. The Morgan fingerprint density at radius 3 is 3.20 bits per heavy atom. The molecule has 1 atom stereocenters. The zero-order valence-electron chi connectivity index (χ0n) is 5.20. The van der Waals surface area contributed by atoms with Crippen molar-refractivity contribution in [2.24, 2.45) is 0 Å². The maximum absolute atomic E-state index is 4.14. The van der Waals surface area contributed by atoms with Crippen molar-refractivity contribution < 1.29 is 0 Å². The van der Waals surface area contributed by atoms with Gasteiger partial charge in [0.25, 0.3) is 0 Å². The first kappa shape index (κ1) is 5.93. The Balaban J connectivity index is 2.86. The van der Waals surface area contributed by atoms with Crippen LogP contribution in [0.25, 0.3) is 11.0 Å². The van der Waals surface area contributed by atoms with Gasteiger partial charge in [-0.3, -0.25) is 0 Å². The van der Waals surface area contributed by atoms with E-state index in [1.54, 1.807) is 23.0 Å². The molecular weight excluding hydrogens is 189 g/mol. The second-order valence-electron chi connectivity index (χ2n) is 2.08. The predicted molar refractivity (Wildman–Crippen MR) is 42.1 cm³/mol. The molecule has 50 valence electrons. The molecule has 1 unspecified atom stereocenters. The van der Waals surface area contributed by atoms with E-state index >= 15 is 0 Å². The summed E-state index contributed by atoms with van der Waals surface area (Å²) in [5.41, 5.74) is 0.862. The summed E-state index contributed by atoms with van der Waals surface area (Å²) in [4.78, 5) is 4.14. The molecule has 0 radical (unpaired) electrons. The van der Waals surface area contributed by atoms with Crippen molar-refractivity contribution in [3.63, 3.8) is 0 Å². The fraction of sp³-hybridized carbons (Fsp3) is 0. The number of rotatable bonds is 0. The number of nitrogens with one attached hydrogen (secondary N) is 1. The van der Waals surface area contributed by atoms with Crippen LogP contribution in [0.3, 0.4) is 0 Å².